The molecular formula is C27H27FN2O. The second kappa shape index (κ2) is 9.17. The van der Waals surface area contributed by atoms with Crippen LogP contribution < -0.4 is 5.32 Å². The Labute approximate surface area is 182 Å². The Morgan fingerprint density at radius 3 is 2.42 bits per heavy atom. The van der Waals surface area contributed by atoms with Crippen molar-refractivity contribution in [1.29, 1.82) is 0 Å². The number of nitrogens with one attached hydrogen (secondary N) is 1. The van der Waals surface area contributed by atoms with Crippen LogP contribution in [-0.2, 0) is 17.9 Å². The van der Waals surface area contributed by atoms with E-state index in [-0.39, 0.29) is 17.6 Å². The van der Waals surface area contributed by atoms with Crippen LogP contribution in [0, 0.1) is 12.7 Å². The van der Waals surface area contributed by atoms with Gasteiger partial charge in [0.2, 0.25) is 5.91 Å². The van der Waals surface area contributed by atoms with E-state index in [9.17, 15) is 9.18 Å². The lowest BCUT2D eigenvalue weighted by atomic mass is 9.87. The van der Waals surface area contributed by atoms with Gasteiger partial charge in [0, 0.05) is 42.5 Å². The zero-order chi connectivity index (χ0) is 21.8. The van der Waals surface area contributed by atoms with Gasteiger partial charge in [-0.2, -0.15) is 0 Å². The van der Waals surface area contributed by atoms with Gasteiger partial charge in [-0.1, -0.05) is 60.2 Å². The first-order valence-corrected chi connectivity index (χ1v) is 10.7. The minimum atomic E-state index is -0.276. The molecule has 3 aromatic carbocycles. The van der Waals surface area contributed by atoms with Gasteiger partial charge < -0.3 is 9.88 Å². The van der Waals surface area contributed by atoms with Crippen molar-refractivity contribution in [2.24, 2.45) is 0 Å². The molecule has 0 aliphatic carbocycles. The summed E-state index contributed by atoms with van der Waals surface area (Å²) in [6, 6.07) is 23.0. The molecule has 31 heavy (non-hydrogen) atoms. The molecule has 0 aliphatic heterocycles. The Kier molecular flexibility index (Phi) is 6.17. The molecule has 0 saturated heterocycles. The summed E-state index contributed by atoms with van der Waals surface area (Å²) in [7, 11) is 0. The molecule has 3 nitrogen and oxygen atoms in total. The molecular weight excluding hydrogens is 387 g/mol. The monoisotopic (exact) mass is 414 g/mol. The molecule has 1 amide bonds. The highest BCUT2D eigenvalue weighted by Gasteiger charge is 2.22. The van der Waals surface area contributed by atoms with Crippen molar-refractivity contribution in [3.8, 4) is 0 Å². The average molecular weight is 415 g/mol. The van der Waals surface area contributed by atoms with Crippen LogP contribution in [0.3, 0.4) is 0 Å². The molecule has 0 unspecified atom stereocenters. The Morgan fingerprint density at radius 2 is 1.71 bits per heavy atom. The molecule has 4 heteroatoms. The Balaban J connectivity index is 1.63. The van der Waals surface area contributed by atoms with Crippen molar-refractivity contribution in [2.75, 3.05) is 0 Å². The summed E-state index contributed by atoms with van der Waals surface area (Å²) in [5, 5.41) is 4.18. The Morgan fingerprint density at radius 1 is 1.00 bits per heavy atom. The first-order chi connectivity index (χ1) is 15.0. The SMILES string of the molecule is CCn1cc([C@@H](CC(=O)NCc2ccc(F)cc2)c2ccc(C)cc2)c2ccccc21. The summed E-state index contributed by atoms with van der Waals surface area (Å²) in [6.07, 6.45) is 2.53. The van der Waals surface area contributed by atoms with Crippen molar-refractivity contribution in [3.63, 3.8) is 0 Å². The fourth-order valence-corrected chi connectivity index (χ4v) is 4.08. The van der Waals surface area contributed by atoms with Crippen molar-refractivity contribution in [1.82, 2.24) is 9.88 Å². The van der Waals surface area contributed by atoms with E-state index in [1.165, 1.54) is 34.2 Å². The minimum Gasteiger partial charge on any atom is -0.352 e. The highest BCUT2D eigenvalue weighted by atomic mass is 19.1. The maximum atomic E-state index is 13.1. The number of halogens is 1. The first-order valence-electron chi connectivity index (χ1n) is 10.7. The molecule has 0 bridgehead atoms. The van der Waals surface area contributed by atoms with Crippen LogP contribution in [0.5, 0.6) is 0 Å². The molecule has 1 heterocycles. The van der Waals surface area contributed by atoms with E-state index in [4.69, 9.17) is 0 Å². The third kappa shape index (κ3) is 4.69. The third-order valence-corrected chi connectivity index (χ3v) is 5.81. The summed E-state index contributed by atoms with van der Waals surface area (Å²) in [5.41, 5.74) is 5.55. The highest BCUT2D eigenvalue weighted by molar-refractivity contribution is 5.86. The molecule has 0 aliphatic rings. The standard InChI is InChI=1S/C27H27FN2O/c1-3-30-18-25(23-6-4-5-7-26(23)30)24(21-12-8-19(2)9-13-21)16-27(31)29-17-20-10-14-22(28)15-11-20/h4-15,18,24H,3,16-17H2,1-2H3,(H,29,31)/t24-/m0/s1. The van der Waals surface area contributed by atoms with E-state index in [0.29, 0.717) is 13.0 Å². The van der Waals surface area contributed by atoms with Crippen molar-refractivity contribution in [3.05, 3.63) is 107 Å². The van der Waals surface area contributed by atoms with Crippen LogP contribution >= 0.6 is 0 Å². The van der Waals surface area contributed by atoms with Crippen LogP contribution in [0.4, 0.5) is 4.39 Å². The van der Waals surface area contributed by atoms with Crippen LogP contribution in [0.25, 0.3) is 10.9 Å². The predicted molar refractivity (Wildman–Crippen MR) is 123 cm³/mol. The molecule has 4 rings (SSSR count). The number of rotatable bonds is 7. The number of amides is 1. The normalized spacial score (nSPS) is 12.1. The maximum Gasteiger partial charge on any atom is 0.221 e. The van der Waals surface area contributed by atoms with Gasteiger partial charge >= 0.3 is 0 Å². The second-order valence-electron chi connectivity index (χ2n) is 7.96. The summed E-state index contributed by atoms with van der Waals surface area (Å²) in [5.74, 6) is -0.350. The smallest absolute Gasteiger partial charge is 0.221 e. The fraction of sp³-hybridized carbons (Fsp3) is 0.222. The number of hydrogen-bond donors (Lipinski definition) is 1. The van der Waals surface area contributed by atoms with Gasteiger partial charge in [-0.15, -0.1) is 0 Å². The van der Waals surface area contributed by atoms with Crippen molar-refractivity contribution < 1.29 is 9.18 Å². The number of fused-ring (bicyclic) bond motifs is 1. The largest absolute Gasteiger partial charge is 0.352 e. The fourth-order valence-electron chi connectivity index (χ4n) is 4.08. The number of carbonyl (C=O) groups is 1. The zero-order valence-electron chi connectivity index (χ0n) is 17.9. The Hall–Kier alpha value is -3.40. The van der Waals surface area contributed by atoms with Crippen LogP contribution in [-0.4, -0.2) is 10.5 Å². The second-order valence-corrected chi connectivity index (χ2v) is 7.96. The predicted octanol–water partition coefficient (Wildman–Crippen LogP) is 5.95. The first kappa shape index (κ1) is 20.9. The summed E-state index contributed by atoms with van der Waals surface area (Å²) < 4.78 is 15.4. The number of hydrogen-bond acceptors (Lipinski definition) is 1. The van der Waals surface area contributed by atoms with E-state index in [2.05, 4.69) is 72.4 Å². The van der Waals surface area contributed by atoms with Gasteiger partial charge in [0.15, 0.2) is 0 Å². The van der Waals surface area contributed by atoms with Crippen LogP contribution in [0.15, 0.2) is 79.0 Å². The number of para-hydroxylation sites is 1. The minimum absolute atomic E-state index is 0.0248. The van der Waals surface area contributed by atoms with Crippen molar-refractivity contribution >= 4 is 16.8 Å². The molecule has 0 spiro atoms. The Bertz CT molecular complexity index is 1180. The van der Waals surface area contributed by atoms with Crippen LogP contribution in [0.1, 0.15) is 41.5 Å². The summed E-state index contributed by atoms with van der Waals surface area (Å²) in [4.78, 5) is 12.9. The van der Waals surface area contributed by atoms with Gasteiger partial charge in [-0.25, -0.2) is 4.39 Å². The number of benzene rings is 3. The van der Waals surface area contributed by atoms with Gasteiger partial charge in [0.05, 0.1) is 0 Å². The van der Waals surface area contributed by atoms with E-state index in [0.717, 1.165) is 17.7 Å². The lowest BCUT2D eigenvalue weighted by Crippen LogP contribution is -2.25. The van der Waals surface area contributed by atoms with E-state index >= 15 is 0 Å². The molecule has 0 fully saturated rings. The van der Waals surface area contributed by atoms with E-state index in [1.54, 1.807) is 12.1 Å². The average Bonchev–Trinajstić information content (AvgIpc) is 3.16. The van der Waals surface area contributed by atoms with Gasteiger partial charge in [0.25, 0.3) is 0 Å². The van der Waals surface area contributed by atoms with Gasteiger partial charge in [-0.05, 0) is 48.7 Å². The zero-order valence-corrected chi connectivity index (χ0v) is 17.9. The highest BCUT2D eigenvalue weighted by Crippen LogP contribution is 2.35. The lowest BCUT2D eigenvalue weighted by molar-refractivity contribution is -0.121. The summed E-state index contributed by atoms with van der Waals surface area (Å²) in [6.45, 7) is 5.46. The quantitative estimate of drug-likeness (QED) is 0.398. The van der Waals surface area contributed by atoms with Crippen molar-refractivity contribution in [2.45, 2.75) is 39.3 Å². The number of carbonyl (C=O) groups excluding carboxylic acids is 1. The molecule has 0 saturated carbocycles. The van der Waals surface area contributed by atoms with Gasteiger partial charge in [0.1, 0.15) is 5.82 Å². The molecule has 1 N–H and O–H groups in total. The van der Waals surface area contributed by atoms with Crippen LogP contribution in [0.2, 0.25) is 0 Å². The molecule has 1 aromatic heterocycles. The third-order valence-electron chi connectivity index (χ3n) is 5.81. The molecule has 4 aromatic rings. The topological polar surface area (TPSA) is 34.0 Å². The maximum absolute atomic E-state index is 13.1. The van der Waals surface area contributed by atoms with E-state index in [1.807, 2.05) is 6.07 Å². The number of aromatic nitrogens is 1. The molecule has 0 radical (unpaired) electrons. The number of nitrogens with zero attached hydrogens (tertiary/aromatic N) is 1. The number of aryl methyl sites for hydroxylation is 2. The lowest BCUT2D eigenvalue weighted by Gasteiger charge is -2.18. The molecule has 1 atom stereocenters. The van der Waals surface area contributed by atoms with E-state index < -0.39 is 0 Å². The van der Waals surface area contributed by atoms with Gasteiger partial charge in [-0.3, -0.25) is 4.79 Å². The summed E-state index contributed by atoms with van der Waals surface area (Å²) >= 11 is 0. The molecule has 158 valence electrons.